The van der Waals surface area contributed by atoms with Crippen molar-refractivity contribution in [2.75, 3.05) is 71.0 Å². The molecule has 0 unspecified atom stereocenters. The Morgan fingerprint density at radius 3 is 2.50 bits per heavy atom. The molecule has 2 fully saturated rings. The third-order valence-electron chi connectivity index (χ3n) is 4.37. The lowest BCUT2D eigenvalue weighted by atomic mass is 10.1. The molecule has 0 spiro atoms. The molecule has 6 nitrogen and oxygen atoms in total. The zero-order valence-electron chi connectivity index (χ0n) is 13.2. The van der Waals surface area contributed by atoms with E-state index in [4.69, 9.17) is 4.74 Å². The summed E-state index contributed by atoms with van der Waals surface area (Å²) in [6.45, 7) is 7.68. The number of hydrogen-bond acceptors (Lipinski definition) is 6. The number of carbonyl (C=O) groups excluding carboxylic acids is 1. The highest BCUT2D eigenvalue weighted by Crippen LogP contribution is 2.13. The van der Waals surface area contributed by atoms with Gasteiger partial charge in [0.2, 0.25) is 0 Å². The highest BCUT2D eigenvalue weighted by molar-refractivity contribution is 5.97. The molecule has 22 heavy (non-hydrogen) atoms. The zero-order valence-corrected chi connectivity index (χ0v) is 13.2. The summed E-state index contributed by atoms with van der Waals surface area (Å²) in [5.74, 6) is 1.09. The van der Waals surface area contributed by atoms with Gasteiger partial charge in [0.1, 0.15) is 5.82 Å². The third-order valence-corrected chi connectivity index (χ3v) is 4.37. The molecule has 0 bridgehead atoms. The van der Waals surface area contributed by atoms with E-state index in [-0.39, 0.29) is 5.78 Å². The quantitative estimate of drug-likeness (QED) is 0.748. The van der Waals surface area contributed by atoms with Crippen molar-refractivity contribution >= 4 is 11.6 Å². The number of aromatic nitrogens is 1. The van der Waals surface area contributed by atoms with Gasteiger partial charge in [-0.1, -0.05) is 0 Å². The zero-order chi connectivity index (χ0) is 15.4. The molecule has 0 atom stereocenters. The number of nitrogens with zero attached hydrogens (tertiary/aromatic N) is 4. The first-order valence-electron chi connectivity index (χ1n) is 7.95. The molecule has 2 aliphatic heterocycles. The van der Waals surface area contributed by atoms with Gasteiger partial charge in [0.15, 0.2) is 5.78 Å². The average molecular weight is 304 g/mol. The van der Waals surface area contributed by atoms with Crippen LogP contribution in [0.3, 0.4) is 0 Å². The minimum absolute atomic E-state index is 0.158. The van der Waals surface area contributed by atoms with Crippen molar-refractivity contribution in [2.45, 2.75) is 0 Å². The number of carbonyl (C=O) groups is 1. The second-order valence-corrected chi connectivity index (χ2v) is 6.01. The Balaban J connectivity index is 1.56. The molecule has 0 saturated carbocycles. The maximum Gasteiger partial charge on any atom is 0.178 e. The van der Waals surface area contributed by atoms with Crippen molar-refractivity contribution in [2.24, 2.45) is 0 Å². The van der Waals surface area contributed by atoms with Gasteiger partial charge in [-0.05, 0) is 19.2 Å². The SMILES string of the molecule is CN1CCN(CC(=O)c2ccc(N3CCOCC3)nc2)CC1. The molecule has 3 rings (SSSR count). The van der Waals surface area contributed by atoms with Gasteiger partial charge in [0, 0.05) is 51.0 Å². The van der Waals surface area contributed by atoms with Crippen molar-refractivity contribution in [1.82, 2.24) is 14.8 Å². The monoisotopic (exact) mass is 304 g/mol. The van der Waals surface area contributed by atoms with Gasteiger partial charge in [-0.25, -0.2) is 4.98 Å². The Morgan fingerprint density at radius 1 is 1.14 bits per heavy atom. The van der Waals surface area contributed by atoms with Gasteiger partial charge >= 0.3 is 0 Å². The second-order valence-electron chi connectivity index (χ2n) is 6.01. The van der Waals surface area contributed by atoms with E-state index < -0.39 is 0 Å². The number of rotatable bonds is 4. The normalized spacial score (nSPS) is 21.0. The number of morpholine rings is 1. The average Bonchev–Trinajstić information content (AvgIpc) is 2.58. The van der Waals surface area contributed by atoms with Crippen LogP contribution in [0.1, 0.15) is 10.4 Å². The topological polar surface area (TPSA) is 48.9 Å². The number of Topliss-reactive ketones (excluding diaryl/α,β-unsaturated/α-hetero) is 1. The first-order chi connectivity index (χ1) is 10.7. The van der Waals surface area contributed by atoms with Crippen LogP contribution in [0.5, 0.6) is 0 Å². The Bertz CT molecular complexity index is 491. The Kier molecular flexibility index (Phi) is 5.02. The summed E-state index contributed by atoms with van der Waals surface area (Å²) in [5.41, 5.74) is 0.705. The summed E-state index contributed by atoms with van der Waals surface area (Å²) in [6, 6.07) is 3.85. The van der Waals surface area contributed by atoms with E-state index in [9.17, 15) is 4.79 Å². The fourth-order valence-corrected chi connectivity index (χ4v) is 2.83. The van der Waals surface area contributed by atoms with Gasteiger partial charge in [-0.2, -0.15) is 0 Å². The van der Waals surface area contributed by atoms with E-state index >= 15 is 0 Å². The van der Waals surface area contributed by atoms with Gasteiger partial charge in [0.05, 0.1) is 19.8 Å². The number of ether oxygens (including phenoxy) is 1. The summed E-state index contributed by atoms with van der Waals surface area (Å²) >= 11 is 0. The highest BCUT2D eigenvalue weighted by atomic mass is 16.5. The number of ketones is 1. The van der Waals surface area contributed by atoms with Gasteiger partial charge in [-0.15, -0.1) is 0 Å². The predicted molar refractivity (Wildman–Crippen MR) is 85.5 cm³/mol. The van der Waals surface area contributed by atoms with Crippen LogP contribution < -0.4 is 4.90 Å². The van der Waals surface area contributed by atoms with E-state index in [0.29, 0.717) is 12.1 Å². The number of piperazine rings is 1. The lowest BCUT2D eigenvalue weighted by molar-refractivity contribution is 0.0876. The minimum Gasteiger partial charge on any atom is -0.378 e. The van der Waals surface area contributed by atoms with Crippen molar-refractivity contribution < 1.29 is 9.53 Å². The van der Waals surface area contributed by atoms with Gasteiger partial charge < -0.3 is 14.5 Å². The molecule has 0 amide bonds. The summed E-state index contributed by atoms with van der Waals surface area (Å²) in [6.07, 6.45) is 1.71. The molecule has 2 aliphatic rings. The molecule has 1 aromatic heterocycles. The molecular formula is C16H24N4O2. The maximum atomic E-state index is 12.4. The van der Waals surface area contributed by atoms with Crippen LogP contribution in [0.15, 0.2) is 18.3 Å². The summed E-state index contributed by atoms with van der Waals surface area (Å²) in [7, 11) is 2.12. The fraction of sp³-hybridized carbons (Fsp3) is 0.625. The molecule has 6 heteroatoms. The second kappa shape index (κ2) is 7.17. The Morgan fingerprint density at radius 2 is 1.86 bits per heavy atom. The Labute approximate surface area is 131 Å². The molecule has 2 saturated heterocycles. The molecular weight excluding hydrogens is 280 g/mol. The molecule has 120 valence electrons. The van der Waals surface area contributed by atoms with E-state index in [1.807, 2.05) is 12.1 Å². The minimum atomic E-state index is 0.158. The molecule has 0 radical (unpaired) electrons. The van der Waals surface area contributed by atoms with Crippen LogP contribution >= 0.6 is 0 Å². The van der Waals surface area contributed by atoms with E-state index in [1.165, 1.54) is 0 Å². The van der Waals surface area contributed by atoms with Crippen molar-refractivity contribution in [3.63, 3.8) is 0 Å². The Hall–Kier alpha value is -1.50. The van der Waals surface area contributed by atoms with E-state index in [2.05, 4.69) is 26.7 Å². The van der Waals surface area contributed by atoms with Gasteiger partial charge in [0.25, 0.3) is 0 Å². The summed E-state index contributed by atoms with van der Waals surface area (Å²) < 4.78 is 5.34. The maximum absolute atomic E-state index is 12.4. The smallest absolute Gasteiger partial charge is 0.178 e. The molecule has 3 heterocycles. The summed E-state index contributed by atoms with van der Waals surface area (Å²) in [4.78, 5) is 23.5. The van der Waals surface area contributed by atoms with Crippen molar-refractivity contribution in [1.29, 1.82) is 0 Å². The van der Waals surface area contributed by atoms with Gasteiger partial charge in [-0.3, -0.25) is 9.69 Å². The van der Waals surface area contributed by atoms with Crippen LogP contribution in [0.25, 0.3) is 0 Å². The highest BCUT2D eigenvalue weighted by Gasteiger charge is 2.18. The largest absolute Gasteiger partial charge is 0.378 e. The van der Waals surface area contributed by atoms with Crippen LogP contribution in [-0.2, 0) is 4.74 Å². The van der Waals surface area contributed by atoms with Crippen molar-refractivity contribution in [3.8, 4) is 0 Å². The van der Waals surface area contributed by atoms with E-state index in [1.54, 1.807) is 6.20 Å². The number of pyridine rings is 1. The van der Waals surface area contributed by atoms with Crippen LogP contribution in [0.2, 0.25) is 0 Å². The molecule has 0 aliphatic carbocycles. The van der Waals surface area contributed by atoms with E-state index in [0.717, 1.165) is 58.3 Å². The predicted octanol–water partition coefficient (Wildman–Crippen LogP) is 0.348. The lowest BCUT2D eigenvalue weighted by Crippen LogP contribution is -2.46. The molecule has 0 N–H and O–H groups in total. The molecule has 0 aromatic carbocycles. The number of likely N-dealkylation sites (N-methyl/N-ethyl adjacent to an activating group) is 1. The number of anilines is 1. The first kappa shape index (κ1) is 15.4. The lowest BCUT2D eigenvalue weighted by Gasteiger charge is -2.31. The van der Waals surface area contributed by atoms with Crippen LogP contribution in [-0.4, -0.2) is 86.6 Å². The number of hydrogen-bond donors (Lipinski definition) is 0. The first-order valence-corrected chi connectivity index (χ1v) is 7.95. The third kappa shape index (κ3) is 3.82. The molecule has 1 aromatic rings. The van der Waals surface area contributed by atoms with Crippen molar-refractivity contribution in [3.05, 3.63) is 23.9 Å². The summed E-state index contributed by atoms with van der Waals surface area (Å²) in [5, 5.41) is 0. The van der Waals surface area contributed by atoms with Crippen LogP contribution in [0.4, 0.5) is 5.82 Å². The van der Waals surface area contributed by atoms with Crippen LogP contribution in [0, 0.1) is 0 Å². The standard InChI is InChI=1S/C16H24N4O2/c1-18-4-6-19(7-5-18)13-15(21)14-2-3-16(17-12-14)20-8-10-22-11-9-20/h2-3,12H,4-11,13H2,1H3. The fourth-order valence-electron chi connectivity index (χ4n) is 2.83.